The van der Waals surface area contributed by atoms with E-state index in [9.17, 15) is 40.1 Å². The van der Waals surface area contributed by atoms with Gasteiger partial charge in [0.1, 0.15) is 37.1 Å². The maximum atomic E-state index is 13.3. The van der Waals surface area contributed by atoms with Gasteiger partial charge in [0.05, 0.1) is 18.1 Å². The predicted molar refractivity (Wildman–Crippen MR) is 255 cm³/mol. The van der Waals surface area contributed by atoms with Gasteiger partial charge in [0.2, 0.25) is 6.29 Å². The number of benzene rings is 1. The molecule has 6 aliphatic rings. The van der Waals surface area contributed by atoms with Crippen LogP contribution in [0.2, 0.25) is 0 Å². The summed E-state index contributed by atoms with van der Waals surface area (Å²) >= 11 is 0. The van der Waals surface area contributed by atoms with E-state index in [4.69, 9.17) is 24.7 Å². The first-order valence-electron chi connectivity index (χ1n) is 26.4. The molecule has 0 bridgehead atoms. The van der Waals surface area contributed by atoms with Crippen LogP contribution in [-0.2, 0) is 20.8 Å². The summed E-state index contributed by atoms with van der Waals surface area (Å²) in [5.41, 5.74) is 6.79. The molecule has 8 N–H and O–H groups in total. The summed E-state index contributed by atoms with van der Waals surface area (Å²) in [4.78, 5) is 38.9. The lowest BCUT2D eigenvalue weighted by Gasteiger charge is -2.72. The fraction of sp³-hybridized carbons (Fsp3) is 0.843. The van der Waals surface area contributed by atoms with Crippen LogP contribution in [0.4, 0.5) is 15.3 Å². The molecule has 3 unspecified atom stereocenters. The minimum Gasteiger partial charge on any atom is -0.455 e. The Hall–Kier alpha value is -3.32. The summed E-state index contributed by atoms with van der Waals surface area (Å²) in [5.74, 6) is 0.525. The van der Waals surface area contributed by atoms with Gasteiger partial charge in [0, 0.05) is 38.3 Å². The standard InChI is InChI=1S/C51H83N5O12/c1-55(47(62)65-35-36-19-20-40(39(31-36)56(63)64)67-45-44(60)43(59)42(58)41(34-57)68-45)33-38(32-52)66-46(61)53-29-30-54-51(27-15-6-16-28-51)50(25-13-5-14-26-50)49(23-11-4-12-24-49)48(21-9-3-10-22-48)37-17-7-2-8-18-37/h19-20,31,37-38,41-45,54,57-60H,2-18,21-30,32-35,52H2,1H3,(H,53,61)/t38?,41?,42-,43?,44-,45+/m0/s1. The molecule has 17 heteroatoms. The lowest BCUT2D eigenvalue weighted by molar-refractivity contribution is -0.387. The van der Waals surface area contributed by atoms with Crippen LogP contribution in [0.15, 0.2) is 18.2 Å². The lowest BCUT2D eigenvalue weighted by Crippen LogP contribution is -2.71. The molecule has 0 spiro atoms. The largest absolute Gasteiger partial charge is 0.455 e. The van der Waals surface area contributed by atoms with Crippen molar-refractivity contribution in [3.8, 4) is 5.75 Å². The molecule has 17 nitrogen and oxygen atoms in total. The van der Waals surface area contributed by atoms with Gasteiger partial charge < -0.3 is 60.6 Å². The maximum Gasteiger partial charge on any atom is 0.409 e. The Kier molecular flexibility index (Phi) is 18.3. The van der Waals surface area contributed by atoms with Gasteiger partial charge in [-0.2, -0.15) is 0 Å². The third kappa shape index (κ3) is 10.9. The van der Waals surface area contributed by atoms with Crippen LogP contribution < -0.4 is 21.1 Å². The number of aliphatic hydroxyl groups excluding tert-OH is 4. The second-order valence-corrected chi connectivity index (χ2v) is 21.4. The number of carbonyl (C=O) groups is 2. The van der Waals surface area contributed by atoms with Gasteiger partial charge >= 0.3 is 17.9 Å². The Balaban J connectivity index is 0.952. The van der Waals surface area contributed by atoms with Crippen molar-refractivity contribution in [2.75, 3.05) is 39.8 Å². The zero-order valence-corrected chi connectivity index (χ0v) is 40.7. The van der Waals surface area contributed by atoms with Crippen LogP contribution in [0.5, 0.6) is 5.75 Å². The van der Waals surface area contributed by atoms with Gasteiger partial charge in [-0.1, -0.05) is 102 Å². The number of likely N-dealkylation sites (N-methyl/N-ethyl adjacent to an activating group) is 1. The molecule has 1 aromatic carbocycles. The topological polar surface area (TPSA) is 248 Å². The van der Waals surface area contributed by atoms with E-state index in [0.717, 1.165) is 12.0 Å². The van der Waals surface area contributed by atoms with Crippen molar-refractivity contribution < 1.29 is 53.9 Å². The van der Waals surface area contributed by atoms with Crippen LogP contribution in [0, 0.1) is 32.3 Å². The summed E-state index contributed by atoms with van der Waals surface area (Å²) in [5, 5.41) is 59.3. The lowest BCUT2D eigenvalue weighted by atomic mass is 9.33. The van der Waals surface area contributed by atoms with E-state index in [1.54, 1.807) is 0 Å². The van der Waals surface area contributed by atoms with Gasteiger partial charge in [-0.05, 0) is 98.0 Å². The number of carbonyl (C=O) groups excluding carboxylic acids is 2. The molecule has 1 heterocycles. The summed E-state index contributed by atoms with van der Waals surface area (Å²) < 4.78 is 22.0. The van der Waals surface area contributed by atoms with Crippen molar-refractivity contribution in [2.24, 2.45) is 27.9 Å². The number of hydrogen-bond donors (Lipinski definition) is 7. The predicted octanol–water partition coefficient (Wildman–Crippen LogP) is 7.12. The minimum absolute atomic E-state index is 0.0331. The van der Waals surface area contributed by atoms with Crippen LogP contribution in [-0.4, -0.2) is 125 Å². The number of nitrogens with two attached hydrogens (primary N) is 1. The summed E-state index contributed by atoms with van der Waals surface area (Å²) in [7, 11) is 1.48. The van der Waals surface area contributed by atoms with Crippen molar-refractivity contribution in [1.29, 1.82) is 0 Å². The maximum absolute atomic E-state index is 13.3. The Bertz CT molecular complexity index is 1790. The molecule has 384 valence electrons. The fourth-order valence-corrected chi connectivity index (χ4v) is 14.9. The van der Waals surface area contributed by atoms with E-state index in [-0.39, 0.29) is 42.0 Å². The first-order chi connectivity index (χ1) is 32.8. The van der Waals surface area contributed by atoms with E-state index >= 15 is 0 Å². The molecule has 2 amide bonds. The second kappa shape index (κ2) is 23.7. The number of nitro benzene ring substituents is 1. The smallest absolute Gasteiger partial charge is 0.409 e. The summed E-state index contributed by atoms with van der Waals surface area (Å²) in [6.45, 7) is -0.0768. The molecule has 0 radical (unpaired) electrons. The molecule has 68 heavy (non-hydrogen) atoms. The first-order valence-corrected chi connectivity index (χ1v) is 26.4. The number of ether oxygens (including phenoxy) is 4. The van der Waals surface area contributed by atoms with E-state index in [2.05, 4.69) is 10.6 Å². The normalized spacial score (nSPS) is 28.6. The molecule has 6 fully saturated rings. The first kappa shape index (κ1) is 52.5. The van der Waals surface area contributed by atoms with Crippen molar-refractivity contribution in [2.45, 2.75) is 209 Å². The SMILES string of the molecule is CN(CC(CN)OC(=O)NCCNC1(C2(C3(C4(C5CCCCC5)CCCCC4)CCCCC3)CCCCC2)CCCCC1)C(=O)OCc1ccc(O[C@@H]2OC(CO)[C@H](O)C(O)[C@@H]2O)c([N+](=O)[O-])c1. The van der Waals surface area contributed by atoms with E-state index in [1.165, 1.54) is 185 Å². The Labute approximate surface area is 403 Å². The van der Waals surface area contributed by atoms with Crippen molar-refractivity contribution in [3.63, 3.8) is 0 Å². The highest BCUT2D eigenvalue weighted by Gasteiger charge is 2.69. The molecule has 5 aliphatic carbocycles. The fourth-order valence-electron chi connectivity index (χ4n) is 14.9. The third-order valence-corrected chi connectivity index (χ3v) is 17.9. The van der Waals surface area contributed by atoms with Crippen molar-refractivity contribution >= 4 is 17.9 Å². The number of amides is 2. The van der Waals surface area contributed by atoms with Crippen molar-refractivity contribution in [3.05, 3.63) is 33.9 Å². The van der Waals surface area contributed by atoms with E-state index in [0.29, 0.717) is 23.9 Å². The van der Waals surface area contributed by atoms with Gasteiger partial charge in [0.25, 0.3) is 0 Å². The molecule has 1 aromatic rings. The van der Waals surface area contributed by atoms with Crippen LogP contribution in [0.3, 0.4) is 0 Å². The molecule has 1 aliphatic heterocycles. The average Bonchev–Trinajstić information content (AvgIpc) is 3.38. The summed E-state index contributed by atoms with van der Waals surface area (Å²) in [6.07, 6.45) is 23.5. The number of nitrogens with zero attached hydrogens (tertiary/aromatic N) is 2. The highest BCUT2D eigenvalue weighted by Crippen LogP contribution is 2.75. The number of alkyl carbamates (subject to hydrolysis) is 1. The van der Waals surface area contributed by atoms with Crippen LogP contribution >= 0.6 is 0 Å². The molecule has 0 aromatic heterocycles. The van der Waals surface area contributed by atoms with E-state index in [1.807, 2.05) is 0 Å². The molecule has 1 saturated heterocycles. The second-order valence-electron chi connectivity index (χ2n) is 21.4. The molecular formula is C51H83N5O12. The number of aliphatic hydroxyl groups is 4. The third-order valence-electron chi connectivity index (χ3n) is 17.9. The number of nitro groups is 1. The molecule has 5 saturated carbocycles. The molecular weight excluding hydrogens is 875 g/mol. The Morgan fingerprint density at radius 1 is 0.824 bits per heavy atom. The molecule has 7 rings (SSSR count). The van der Waals surface area contributed by atoms with Gasteiger partial charge in [-0.3, -0.25) is 10.1 Å². The van der Waals surface area contributed by atoms with Crippen LogP contribution in [0.1, 0.15) is 166 Å². The van der Waals surface area contributed by atoms with Crippen LogP contribution in [0.25, 0.3) is 0 Å². The number of rotatable bonds is 18. The van der Waals surface area contributed by atoms with Crippen molar-refractivity contribution in [1.82, 2.24) is 15.5 Å². The highest BCUT2D eigenvalue weighted by molar-refractivity contribution is 5.68. The zero-order chi connectivity index (χ0) is 48.4. The highest BCUT2D eigenvalue weighted by atomic mass is 16.7. The quantitative estimate of drug-likeness (QED) is 0.0440. The monoisotopic (exact) mass is 958 g/mol. The number of nitrogens with one attached hydrogen (secondary N) is 2. The van der Waals surface area contributed by atoms with Gasteiger partial charge in [-0.25, -0.2) is 9.59 Å². The van der Waals surface area contributed by atoms with Gasteiger partial charge in [0.15, 0.2) is 5.75 Å². The number of hydrogen-bond acceptors (Lipinski definition) is 14. The zero-order valence-electron chi connectivity index (χ0n) is 40.7. The Morgan fingerprint density at radius 3 is 2.01 bits per heavy atom. The minimum atomic E-state index is -1.77. The molecule has 6 atom stereocenters. The average molecular weight is 958 g/mol. The Morgan fingerprint density at radius 2 is 1.41 bits per heavy atom. The van der Waals surface area contributed by atoms with E-state index < -0.39 is 66.2 Å². The summed E-state index contributed by atoms with van der Waals surface area (Å²) in [6, 6.07) is 3.76. The van der Waals surface area contributed by atoms with Gasteiger partial charge in [-0.15, -0.1) is 0 Å².